The quantitative estimate of drug-likeness (QED) is 0.236. The Labute approximate surface area is 178 Å². The van der Waals surface area contributed by atoms with Crippen LogP contribution in [0.4, 0.5) is 0 Å². The van der Waals surface area contributed by atoms with Crippen molar-refractivity contribution in [3.8, 4) is 0 Å². The number of amides is 2. The first-order chi connectivity index (χ1) is 13.7. The van der Waals surface area contributed by atoms with Gasteiger partial charge in [0.15, 0.2) is 0 Å². The summed E-state index contributed by atoms with van der Waals surface area (Å²) < 4.78 is 0. The fraction of sp³-hybridized carbons (Fsp3) is 0.840. The van der Waals surface area contributed by atoms with Crippen molar-refractivity contribution in [1.29, 1.82) is 0 Å². The van der Waals surface area contributed by atoms with Crippen molar-refractivity contribution in [3.63, 3.8) is 0 Å². The van der Waals surface area contributed by atoms with Crippen molar-refractivity contribution in [2.75, 3.05) is 6.54 Å². The van der Waals surface area contributed by atoms with Gasteiger partial charge in [0.1, 0.15) is 0 Å². The van der Waals surface area contributed by atoms with Gasteiger partial charge >= 0.3 is 0 Å². The van der Waals surface area contributed by atoms with Gasteiger partial charge in [0.25, 0.3) is 0 Å². The predicted octanol–water partition coefficient (Wildman–Crippen LogP) is 5.90. The van der Waals surface area contributed by atoms with Crippen LogP contribution in [0.1, 0.15) is 118 Å². The van der Waals surface area contributed by atoms with Gasteiger partial charge in [-0.1, -0.05) is 63.0 Å². The standard InChI is InChI=1S/C25H44N2O2/c1-24(2)19-21(20-25(3,4)26-24)15-13-11-9-7-5-6-8-10-12-14-18-27-22(28)16-17-23(27)29/h19,26H,5-18,20H2,1-4H3. The van der Waals surface area contributed by atoms with E-state index in [-0.39, 0.29) is 22.9 Å². The number of nitrogens with zero attached hydrogens (tertiary/aromatic N) is 1. The van der Waals surface area contributed by atoms with Crippen LogP contribution in [-0.2, 0) is 9.59 Å². The van der Waals surface area contributed by atoms with Crippen molar-refractivity contribution >= 4 is 11.8 Å². The largest absolute Gasteiger partial charge is 0.303 e. The molecule has 2 rings (SSSR count). The van der Waals surface area contributed by atoms with E-state index in [1.54, 1.807) is 5.57 Å². The highest BCUT2D eigenvalue weighted by atomic mass is 16.2. The van der Waals surface area contributed by atoms with Crippen LogP contribution in [0, 0.1) is 0 Å². The van der Waals surface area contributed by atoms with Crippen LogP contribution in [-0.4, -0.2) is 34.3 Å². The maximum Gasteiger partial charge on any atom is 0.229 e. The van der Waals surface area contributed by atoms with E-state index in [4.69, 9.17) is 0 Å². The fourth-order valence-corrected chi connectivity index (χ4v) is 5.15. The Kier molecular flexibility index (Phi) is 9.39. The summed E-state index contributed by atoms with van der Waals surface area (Å²) in [5, 5.41) is 3.71. The molecule has 1 fully saturated rings. The molecule has 0 aliphatic carbocycles. The zero-order valence-corrected chi connectivity index (χ0v) is 19.4. The molecule has 0 saturated carbocycles. The summed E-state index contributed by atoms with van der Waals surface area (Å²) in [7, 11) is 0. The van der Waals surface area contributed by atoms with Crippen molar-refractivity contribution in [3.05, 3.63) is 11.6 Å². The number of hydrogen-bond donors (Lipinski definition) is 1. The lowest BCUT2D eigenvalue weighted by atomic mass is 9.82. The topological polar surface area (TPSA) is 49.4 Å². The van der Waals surface area contributed by atoms with Crippen LogP contribution in [0.2, 0.25) is 0 Å². The average Bonchev–Trinajstić information content (AvgIpc) is 2.91. The van der Waals surface area contributed by atoms with Gasteiger partial charge in [-0.05, 0) is 53.4 Å². The lowest BCUT2D eigenvalue weighted by Gasteiger charge is -2.41. The van der Waals surface area contributed by atoms with E-state index in [9.17, 15) is 9.59 Å². The minimum Gasteiger partial charge on any atom is -0.303 e. The lowest BCUT2D eigenvalue weighted by Crippen LogP contribution is -2.54. The Bertz CT molecular complexity index is 561. The summed E-state index contributed by atoms with van der Waals surface area (Å²) in [4.78, 5) is 24.5. The summed E-state index contributed by atoms with van der Waals surface area (Å²) in [6.07, 6.45) is 18.4. The molecule has 0 atom stereocenters. The number of unbranched alkanes of at least 4 members (excludes halogenated alkanes) is 9. The number of likely N-dealkylation sites (tertiary alicyclic amines) is 1. The molecule has 0 aromatic heterocycles. The molecule has 0 unspecified atom stereocenters. The summed E-state index contributed by atoms with van der Waals surface area (Å²) in [6.45, 7) is 9.82. The van der Waals surface area contributed by atoms with Gasteiger partial charge in [-0.3, -0.25) is 14.5 Å². The molecular weight excluding hydrogens is 360 g/mol. The number of rotatable bonds is 13. The molecule has 2 aliphatic heterocycles. The van der Waals surface area contributed by atoms with Gasteiger partial charge in [0, 0.05) is 30.5 Å². The Balaban J connectivity index is 1.40. The first kappa shape index (κ1) is 24.1. The molecule has 4 nitrogen and oxygen atoms in total. The Hall–Kier alpha value is -1.16. The minimum atomic E-state index is 0.0267. The molecule has 2 aliphatic rings. The normalized spacial score (nSPS) is 21.0. The molecule has 29 heavy (non-hydrogen) atoms. The van der Waals surface area contributed by atoms with E-state index in [0.717, 1.165) is 12.8 Å². The number of imide groups is 1. The first-order valence-corrected chi connectivity index (χ1v) is 12.0. The maximum absolute atomic E-state index is 11.5. The van der Waals surface area contributed by atoms with E-state index in [1.165, 1.54) is 69.1 Å². The smallest absolute Gasteiger partial charge is 0.229 e. The number of nitrogens with one attached hydrogen (secondary N) is 1. The monoisotopic (exact) mass is 404 g/mol. The van der Waals surface area contributed by atoms with Crippen LogP contribution in [0.5, 0.6) is 0 Å². The zero-order valence-electron chi connectivity index (χ0n) is 19.4. The van der Waals surface area contributed by atoms with E-state index in [1.807, 2.05) is 0 Å². The van der Waals surface area contributed by atoms with Crippen LogP contribution < -0.4 is 5.32 Å². The highest BCUT2D eigenvalue weighted by molar-refractivity contribution is 6.01. The van der Waals surface area contributed by atoms with E-state index in [0.29, 0.717) is 19.4 Å². The average molecular weight is 405 g/mol. The highest BCUT2D eigenvalue weighted by Gasteiger charge is 2.31. The van der Waals surface area contributed by atoms with Crippen molar-refractivity contribution in [1.82, 2.24) is 10.2 Å². The predicted molar refractivity (Wildman–Crippen MR) is 121 cm³/mol. The second kappa shape index (κ2) is 11.3. The SMILES string of the molecule is CC1(C)C=C(CCCCCCCCCCCCN2C(=O)CCC2=O)CC(C)(C)N1. The molecular formula is C25H44N2O2. The summed E-state index contributed by atoms with van der Waals surface area (Å²) >= 11 is 0. The van der Waals surface area contributed by atoms with Gasteiger partial charge in [-0.15, -0.1) is 0 Å². The second-order valence-corrected chi connectivity index (χ2v) is 10.4. The fourth-order valence-electron chi connectivity index (χ4n) is 5.15. The third-order valence-corrected chi connectivity index (χ3v) is 6.18. The minimum absolute atomic E-state index is 0.0267. The molecule has 1 N–H and O–H groups in total. The lowest BCUT2D eigenvalue weighted by molar-refractivity contribution is -0.138. The van der Waals surface area contributed by atoms with E-state index >= 15 is 0 Å². The van der Waals surface area contributed by atoms with Crippen LogP contribution >= 0.6 is 0 Å². The molecule has 0 spiro atoms. The van der Waals surface area contributed by atoms with Crippen molar-refractivity contribution < 1.29 is 9.59 Å². The zero-order chi connectivity index (χ0) is 21.3. The van der Waals surface area contributed by atoms with Crippen molar-refractivity contribution in [2.45, 2.75) is 129 Å². The molecule has 2 amide bonds. The number of hydrogen-bond acceptors (Lipinski definition) is 3. The molecule has 0 radical (unpaired) electrons. The number of carbonyl (C=O) groups is 2. The Morgan fingerprint density at radius 1 is 0.793 bits per heavy atom. The van der Waals surface area contributed by atoms with Gasteiger partial charge < -0.3 is 5.32 Å². The van der Waals surface area contributed by atoms with Crippen molar-refractivity contribution in [2.24, 2.45) is 0 Å². The first-order valence-electron chi connectivity index (χ1n) is 12.0. The molecule has 166 valence electrons. The molecule has 2 heterocycles. The summed E-state index contributed by atoms with van der Waals surface area (Å²) in [5.74, 6) is 0.0535. The molecule has 1 saturated heterocycles. The molecule has 4 heteroatoms. The summed E-state index contributed by atoms with van der Waals surface area (Å²) in [5.41, 5.74) is 1.97. The number of carbonyl (C=O) groups excluding carboxylic acids is 2. The molecule has 0 aromatic rings. The van der Waals surface area contributed by atoms with E-state index < -0.39 is 0 Å². The second-order valence-electron chi connectivity index (χ2n) is 10.4. The molecule has 0 bridgehead atoms. The van der Waals surface area contributed by atoms with Crippen LogP contribution in [0.3, 0.4) is 0 Å². The van der Waals surface area contributed by atoms with Crippen LogP contribution in [0.25, 0.3) is 0 Å². The Morgan fingerprint density at radius 2 is 1.28 bits per heavy atom. The van der Waals surface area contributed by atoms with Gasteiger partial charge in [-0.2, -0.15) is 0 Å². The van der Waals surface area contributed by atoms with Gasteiger partial charge in [0.05, 0.1) is 0 Å². The third-order valence-electron chi connectivity index (χ3n) is 6.18. The third kappa shape index (κ3) is 9.02. The van der Waals surface area contributed by atoms with Gasteiger partial charge in [0.2, 0.25) is 11.8 Å². The van der Waals surface area contributed by atoms with E-state index in [2.05, 4.69) is 39.1 Å². The highest BCUT2D eigenvalue weighted by Crippen LogP contribution is 2.30. The molecule has 0 aromatic carbocycles. The van der Waals surface area contributed by atoms with Crippen LogP contribution in [0.15, 0.2) is 11.6 Å². The Morgan fingerprint density at radius 3 is 1.79 bits per heavy atom. The maximum atomic E-state index is 11.5. The summed E-state index contributed by atoms with van der Waals surface area (Å²) in [6, 6.07) is 0. The van der Waals surface area contributed by atoms with Gasteiger partial charge in [-0.25, -0.2) is 0 Å².